The molecule has 0 saturated carbocycles. The fraction of sp³-hybridized carbons (Fsp3) is 0.429. The van der Waals surface area contributed by atoms with Gasteiger partial charge in [-0.3, -0.25) is 4.90 Å². The molecule has 1 aliphatic rings. The molecule has 1 fully saturated rings. The highest BCUT2D eigenvalue weighted by molar-refractivity contribution is 9.10. The zero-order valence-corrected chi connectivity index (χ0v) is 17.5. The van der Waals surface area contributed by atoms with E-state index in [2.05, 4.69) is 50.4 Å². The van der Waals surface area contributed by atoms with E-state index in [-0.39, 0.29) is 0 Å². The summed E-state index contributed by atoms with van der Waals surface area (Å²) in [6, 6.07) is 14.9. The van der Waals surface area contributed by atoms with Crippen molar-refractivity contribution in [2.24, 2.45) is 0 Å². The molecular weight excluding hydrogens is 408 g/mol. The van der Waals surface area contributed by atoms with Crippen LogP contribution in [0, 0.1) is 0 Å². The second-order valence-corrected chi connectivity index (χ2v) is 7.39. The Kier molecular flexibility index (Phi) is 7.52. The molecule has 0 radical (unpaired) electrons. The fourth-order valence-electron chi connectivity index (χ4n) is 3.35. The number of methoxy groups -OCH3 is 2. The van der Waals surface area contributed by atoms with Gasteiger partial charge in [0.25, 0.3) is 0 Å². The molecule has 146 valence electrons. The van der Waals surface area contributed by atoms with Crippen LogP contribution in [0.1, 0.15) is 17.2 Å². The Morgan fingerprint density at radius 3 is 2.44 bits per heavy atom. The van der Waals surface area contributed by atoms with Crippen LogP contribution in [0.2, 0.25) is 0 Å². The summed E-state index contributed by atoms with van der Waals surface area (Å²) in [4.78, 5) is 2.49. The van der Waals surface area contributed by atoms with Crippen molar-refractivity contribution in [2.75, 3.05) is 47.1 Å². The summed E-state index contributed by atoms with van der Waals surface area (Å²) in [5, 5.41) is 3.62. The minimum Gasteiger partial charge on any atom is -0.497 e. The summed E-state index contributed by atoms with van der Waals surface area (Å²) in [6.45, 7) is 5.16. The zero-order valence-electron chi connectivity index (χ0n) is 15.9. The van der Waals surface area contributed by atoms with Crippen molar-refractivity contribution in [2.45, 2.75) is 12.6 Å². The SMILES string of the molecule is COc1ccc([C@@H](CNCc2ccc(OC)c(Br)c2)N2CCOCC2)cc1. The van der Waals surface area contributed by atoms with E-state index in [1.165, 1.54) is 11.1 Å². The molecule has 27 heavy (non-hydrogen) atoms. The van der Waals surface area contributed by atoms with E-state index in [4.69, 9.17) is 14.2 Å². The van der Waals surface area contributed by atoms with Gasteiger partial charge in [-0.15, -0.1) is 0 Å². The maximum absolute atomic E-state index is 5.53. The number of hydrogen-bond acceptors (Lipinski definition) is 5. The first-order valence-electron chi connectivity index (χ1n) is 9.20. The van der Waals surface area contributed by atoms with E-state index in [9.17, 15) is 0 Å². The highest BCUT2D eigenvalue weighted by atomic mass is 79.9. The Morgan fingerprint density at radius 1 is 1.07 bits per heavy atom. The van der Waals surface area contributed by atoms with E-state index in [0.29, 0.717) is 6.04 Å². The third-order valence-corrected chi connectivity index (χ3v) is 5.49. The quantitative estimate of drug-likeness (QED) is 0.686. The fourth-order valence-corrected chi connectivity index (χ4v) is 3.93. The Labute approximate surface area is 169 Å². The first-order chi connectivity index (χ1) is 13.2. The van der Waals surface area contributed by atoms with E-state index in [1.54, 1.807) is 14.2 Å². The van der Waals surface area contributed by atoms with Crippen LogP contribution in [0.15, 0.2) is 46.9 Å². The molecule has 1 aliphatic heterocycles. The highest BCUT2D eigenvalue weighted by Crippen LogP contribution is 2.26. The highest BCUT2D eigenvalue weighted by Gasteiger charge is 2.22. The number of morpholine rings is 1. The van der Waals surface area contributed by atoms with Gasteiger partial charge in [0.15, 0.2) is 0 Å². The largest absolute Gasteiger partial charge is 0.497 e. The monoisotopic (exact) mass is 434 g/mol. The smallest absolute Gasteiger partial charge is 0.133 e. The molecule has 1 atom stereocenters. The van der Waals surface area contributed by atoms with Gasteiger partial charge in [0, 0.05) is 32.2 Å². The van der Waals surface area contributed by atoms with Gasteiger partial charge < -0.3 is 19.5 Å². The molecule has 0 spiro atoms. The van der Waals surface area contributed by atoms with Crippen LogP contribution in [0.4, 0.5) is 0 Å². The van der Waals surface area contributed by atoms with Crippen LogP contribution in [0.3, 0.4) is 0 Å². The van der Waals surface area contributed by atoms with Gasteiger partial charge >= 0.3 is 0 Å². The molecule has 3 rings (SSSR count). The molecule has 1 N–H and O–H groups in total. The van der Waals surface area contributed by atoms with Crippen LogP contribution in [0.5, 0.6) is 11.5 Å². The second kappa shape index (κ2) is 10.1. The van der Waals surface area contributed by atoms with E-state index in [1.807, 2.05) is 18.2 Å². The van der Waals surface area contributed by atoms with Crippen LogP contribution < -0.4 is 14.8 Å². The maximum Gasteiger partial charge on any atom is 0.133 e. The van der Waals surface area contributed by atoms with Crippen molar-refractivity contribution in [1.82, 2.24) is 10.2 Å². The van der Waals surface area contributed by atoms with E-state index >= 15 is 0 Å². The summed E-state index contributed by atoms with van der Waals surface area (Å²) in [5.41, 5.74) is 2.51. The number of hydrogen-bond donors (Lipinski definition) is 1. The van der Waals surface area contributed by atoms with E-state index in [0.717, 1.165) is 55.4 Å². The first kappa shape index (κ1) is 20.1. The van der Waals surface area contributed by atoms with Gasteiger partial charge in [0.1, 0.15) is 11.5 Å². The number of nitrogens with zero attached hydrogens (tertiary/aromatic N) is 1. The van der Waals surface area contributed by atoms with Crippen LogP contribution in [0.25, 0.3) is 0 Å². The molecule has 0 amide bonds. The molecule has 1 heterocycles. The van der Waals surface area contributed by atoms with Gasteiger partial charge in [-0.05, 0) is 51.3 Å². The Hall–Kier alpha value is -1.60. The summed E-state index contributed by atoms with van der Waals surface area (Å²) in [6.07, 6.45) is 0. The van der Waals surface area contributed by atoms with Crippen LogP contribution in [-0.2, 0) is 11.3 Å². The van der Waals surface area contributed by atoms with Gasteiger partial charge in [-0.25, -0.2) is 0 Å². The second-order valence-electron chi connectivity index (χ2n) is 6.54. The maximum atomic E-state index is 5.53. The van der Waals surface area contributed by atoms with Gasteiger partial charge in [0.2, 0.25) is 0 Å². The lowest BCUT2D eigenvalue weighted by atomic mass is 10.0. The summed E-state index contributed by atoms with van der Waals surface area (Å²) >= 11 is 3.55. The van der Waals surface area contributed by atoms with Crippen LogP contribution in [-0.4, -0.2) is 52.0 Å². The number of benzene rings is 2. The Balaban J connectivity index is 1.66. The van der Waals surface area contributed by atoms with Crippen molar-refractivity contribution in [1.29, 1.82) is 0 Å². The summed E-state index contributed by atoms with van der Waals surface area (Å²) in [5.74, 6) is 1.73. The first-order valence-corrected chi connectivity index (χ1v) is 9.99. The number of rotatable bonds is 8. The van der Waals surface area contributed by atoms with Crippen molar-refractivity contribution in [3.63, 3.8) is 0 Å². The topological polar surface area (TPSA) is 43.0 Å². The van der Waals surface area contributed by atoms with Gasteiger partial charge in [-0.1, -0.05) is 18.2 Å². The molecule has 5 nitrogen and oxygen atoms in total. The minimum absolute atomic E-state index is 0.307. The zero-order chi connectivity index (χ0) is 19.1. The molecule has 2 aromatic rings. The summed E-state index contributed by atoms with van der Waals surface area (Å²) in [7, 11) is 3.38. The molecule has 1 saturated heterocycles. The van der Waals surface area contributed by atoms with Crippen molar-refractivity contribution < 1.29 is 14.2 Å². The third kappa shape index (κ3) is 5.45. The summed E-state index contributed by atoms with van der Waals surface area (Å²) < 4.78 is 17.1. The third-order valence-electron chi connectivity index (χ3n) is 4.87. The Morgan fingerprint density at radius 2 is 1.81 bits per heavy atom. The normalized spacial score (nSPS) is 16.1. The predicted molar refractivity (Wildman–Crippen MR) is 111 cm³/mol. The average Bonchev–Trinajstić information content (AvgIpc) is 2.72. The number of nitrogens with one attached hydrogen (secondary N) is 1. The Bertz CT molecular complexity index is 718. The lowest BCUT2D eigenvalue weighted by Crippen LogP contribution is -2.42. The molecule has 2 aromatic carbocycles. The van der Waals surface area contributed by atoms with E-state index < -0.39 is 0 Å². The van der Waals surface area contributed by atoms with Gasteiger partial charge in [-0.2, -0.15) is 0 Å². The number of ether oxygens (including phenoxy) is 3. The lowest BCUT2D eigenvalue weighted by Gasteiger charge is -2.35. The van der Waals surface area contributed by atoms with Crippen molar-refractivity contribution >= 4 is 15.9 Å². The molecule has 0 aliphatic carbocycles. The molecule has 0 unspecified atom stereocenters. The number of halogens is 1. The molecule has 6 heteroatoms. The minimum atomic E-state index is 0.307. The van der Waals surface area contributed by atoms with Crippen LogP contribution >= 0.6 is 15.9 Å². The average molecular weight is 435 g/mol. The standard InChI is InChI=1S/C21H27BrN2O3/c1-25-18-6-4-17(5-7-18)20(24-9-11-27-12-10-24)15-23-14-16-3-8-21(26-2)19(22)13-16/h3-8,13,20,23H,9-12,14-15H2,1-2H3/t20-/m1/s1. The lowest BCUT2D eigenvalue weighted by molar-refractivity contribution is 0.0161. The van der Waals surface area contributed by atoms with Crippen molar-refractivity contribution in [3.8, 4) is 11.5 Å². The molecule has 0 bridgehead atoms. The molecular formula is C21H27BrN2O3. The predicted octanol–water partition coefficient (Wildman–Crippen LogP) is 3.63. The van der Waals surface area contributed by atoms with Gasteiger partial charge in [0.05, 0.1) is 31.9 Å². The van der Waals surface area contributed by atoms with Crippen molar-refractivity contribution in [3.05, 3.63) is 58.1 Å². The molecule has 0 aromatic heterocycles.